The average Bonchev–Trinajstić information content (AvgIpc) is 2.56. The van der Waals surface area contributed by atoms with Crippen LogP contribution < -0.4 is 5.32 Å². The summed E-state index contributed by atoms with van der Waals surface area (Å²) in [6.07, 6.45) is 5.13. The fourth-order valence-electron chi connectivity index (χ4n) is 1.68. The van der Waals surface area contributed by atoms with Gasteiger partial charge < -0.3 is 9.73 Å². The van der Waals surface area contributed by atoms with Gasteiger partial charge in [0.05, 0.1) is 12.2 Å². The lowest BCUT2D eigenvalue weighted by molar-refractivity contribution is 0.414. The molecule has 1 unspecified atom stereocenters. The summed E-state index contributed by atoms with van der Waals surface area (Å²) < 4.78 is 5.52. The lowest BCUT2D eigenvalue weighted by Crippen LogP contribution is -2.25. The number of nitrogens with zero attached hydrogens (tertiary/aromatic N) is 1. The molecule has 1 heterocycles. The van der Waals surface area contributed by atoms with Crippen LogP contribution in [-0.4, -0.2) is 11.0 Å². The molecule has 0 aliphatic rings. The zero-order valence-electron chi connectivity index (χ0n) is 11.0. The quantitative estimate of drug-likeness (QED) is 0.722. The number of aromatic nitrogens is 1. The van der Waals surface area contributed by atoms with Gasteiger partial charge in [-0.05, 0) is 27.2 Å². The monoisotopic (exact) mass is 224 g/mol. The van der Waals surface area contributed by atoms with E-state index in [1.165, 1.54) is 25.7 Å². The Labute approximate surface area is 98.6 Å². The van der Waals surface area contributed by atoms with Gasteiger partial charge in [0.1, 0.15) is 5.76 Å². The highest BCUT2D eigenvalue weighted by Crippen LogP contribution is 2.09. The number of nitrogens with one attached hydrogen (secondary N) is 1. The van der Waals surface area contributed by atoms with E-state index in [0.29, 0.717) is 6.04 Å². The Morgan fingerprint density at radius 1 is 1.31 bits per heavy atom. The predicted molar refractivity (Wildman–Crippen MR) is 66.4 cm³/mol. The topological polar surface area (TPSA) is 38.1 Å². The average molecular weight is 224 g/mol. The summed E-state index contributed by atoms with van der Waals surface area (Å²) in [5, 5.41) is 3.44. The van der Waals surface area contributed by atoms with E-state index >= 15 is 0 Å². The molecule has 0 amide bonds. The third kappa shape index (κ3) is 4.35. The fourth-order valence-corrected chi connectivity index (χ4v) is 1.68. The molecule has 0 aliphatic carbocycles. The van der Waals surface area contributed by atoms with Gasteiger partial charge in [-0.15, -0.1) is 0 Å². The van der Waals surface area contributed by atoms with E-state index in [2.05, 4.69) is 24.1 Å². The fraction of sp³-hybridized carbons (Fsp3) is 0.769. The largest absolute Gasteiger partial charge is 0.444 e. The first-order valence-corrected chi connectivity index (χ1v) is 6.29. The van der Waals surface area contributed by atoms with Crippen molar-refractivity contribution in [2.75, 3.05) is 0 Å². The number of oxazole rings is 1. The molecule has 0 bridgehead atoms. The number of aryl methyl sites for hydroxylation is 2. The predicted octanol–water partition coefficient (Wildman–Crippen LogP) is 3.35. The second kappa shape index (κ2) is 6.69. The third-order valence-electron chi connectivity index (χ3n) is 2.92. The summed E-state index contributed by atoms with van der Waals surface area (Å²) in [5.41, 5.74) is 0.996. The van der Waals surface area contributed by atoms with Crippen molar-refractivity contribution in [2.45, 2.75) is 66.0 Å². The third-order valence-corrected chi connectivity index (χ3v) is 2.92. The standard InChI is InChI=1S/C13H24N2O/c1-5-6-7-8-10(2)14-9-13-15-11(3)12(4)16-13/h10,14H,5-9H2,1-4H3. The van der Waals surface area contributed by atoms with E-state index in [4.69, 9.17) is 4.42 Å². The normalized spacial score (nSPS) is 13.0. The molecule has 0 spiro atoms. The highest BCUT2D eigenvalue weighted by atomic mass is 16.4. The Kier molecular flexibility index (Phi) is 5.53. The minimum Gasteiger partial charge on any atom is -0.444 e. The molecular formula is C13H24N2O. The van der Waals surface area contributed by atoms with E-state index in [1.54, 1.807) is 0 Å². The maximum Gasteiger partial charge on any atom is 0.208 e. The number of hydrogen-bond acceptors (Lipinski definition) is 3. The number of unbranched alkanes of at least 4 members (excludes halogenated alkanes) is 2. The minimum absolute atomic E-state index is 0.541. The van der Waals surface area contributed by atoms with Gasteiger partial charge in [-0.1, -0.05) is 26.2 Å². The first-order valence-electron chi connectivity index (χ1n) is 6.29. The van der Waals surface area contributed by atoms with Crippen molar-refractivity contribution in [3.63, 3.8) is 0 Å². The van der Waals surface area contributed by atoms with Crippen LogP contribution in [-0.2, 0) is 6.54 Å². The molecule has 0 saturated heterocycles. The van der Waals surface area contributed by atoms with Crippen LogP contribution in [0.2, 0.25) is 0 Å². The van der Waals surface area contributed by atoms with Crippen molar-refractivity contribution < 1.29 is 4.42 Å². The van der Waals surface area contributed by atoms with Gasteiger partial charge >= 0.3 is 0 Å². The summed E-state index contributed by atoms with van der Waals surface area (Å²) >= 11 is 0. The van der Waals surface area contributed by atoms with Crippen LogP contribution >= 0.6 is 0 Å². The van der Waals surface area contributed by atoms with Crippen LogP contribution in [0.25, 0.3) is 0 Å². The van der Waals surface area contributed by atoms with Crippen molar-refractivity contribution in [3.8, 4) is 0 Å². The summed E-state index contributed by atoms with van der Waals surface area (Å²) in [6.45, 7) is 9.13. The van der Waals surface area contributed by atoms with Gasteiger partial charge in [-0.25, -0.2) is 4.98 Å². The SMILES string of the molecule is CCCCCC(C)NCc1nc(C)c(C)o1. The summed E-state index contributed by atoms with van der Waals surface area (Å²) in [4.78, 5) is 4.35. The summed E-state index contributed by atoms with van der Waals surface area (Å²) in [7, 11) is 0. The molecule has 1 N–H and O–H groups in total. The lowest BCUT2D eigenvalue weighted by atomic mass is 10.1. The second-order valence-electron chi connectivity index (χ2n) is 4.53. The van der Waals surface area contributed by atoms with Crippen LogP contribution in [0.4, 0.5) is 0 Å². The minimum atomic E-state index is 0.541. The van der Waals surface area contributed by atoms with Gasteiger partial charge in [0.25, 0.3) is 0 Å². The van der Waals surface area contributed by atoms with Crippen LogP contribution in [0.1, 0.15) is 56.9 Å². The Morgan fingerprint density at radius 3 is 2.62 bits per heavy atom. The molecule has 16 heavy (non-hydrogen) atoms. The molecule has 1 atom stereocenters. The Hall–Kier alpha value is -0.830. The Balaban J connectivity index is 2.23. The highest BCUT2D eigenvalue weighted by Gasteiger charge is 2.07. The smallest absolute Gasteiger partial charge is 0.208 e. The number of hydrogen-bond donors (Lipinski definition) is 1. The second-order valence-corrected chi connectivity index (χ2v) is 4.53. The van der Waals surface area contributed by atoms with E-state index in [0.717, 1.165) is 23.9 Å². The van der Waals surface area contributed by atoms with Crippen molar-refractivity contribution in [1.82, 2.24) is 10.3 Å². The molecule has 3 heteroatoms. The molecule has 0 fully saturated rings. The summed E-state index contributed by atoms with van der Waals surface area (Å²) in [6, 6.07) is 0.541. The van der Waals surface area contributed by atoms with Crippen molar-refractivity contribution in [2.24, 2.45) is 0 Å². The molecule has 92 valence electrons. The maximum atomic E-state index is 5.52. The first-order chi connectivity index (χ1) is 7.63. The van der Waals surface area contributed by atoms with Gasteiger partial charge in [-0.3, -0.25) is 0 Å². The zero-order chi connectivity index (χ0) is 12.0. The van der Waals surface area contributed by atoms with Crippen LogP contribution in [0.15, 0.2) is 4.42 Å². The van der Waals surface area contributed by atoms with Gasteiger partial charge in [0, 0.05) is 6.04 Å². The van der Waals surface area contributed by atoms with E-state index in [-0.39, 0.29) is 0 Å². The molecule has 3 nitrogen and oxygen atoms in total. The number of rotatable bonds is 7. The Bertz CT molecular complexity index is 287. The molecule has 1 rings (SSSR count). The molecule has 0 radical (unpaired) electrons. The lowest BCUT2D eigenvalue weighted by Gasteiger charge is -2.11. The molecule has 1 aromatic rings. The van der Waals surface area contributed by atoms with Crippen molar-refractivity contribution >= 4 is 0 Å². The zero-order valence-corrected chi connectivity index (χ0v) is 11.0. The van der Waals surface area contributed by atoms with Gasteiger partial charge in [0.2, 0.25) is 5.89 Å². The van der Waals surface area contributed by atoms with Crippen LogP contribution in [0, 0.1) is 13.8 Å². The van der Waals surface area contributed by atoms with E-state index in [9.17, 15) is 0 Å². The highest BCUT2D eigenvalue weighted by molar-refractivity contribution is 5.05. The molecular weight excluding hydrogens is 200 g/mol. The molecule has 0 aliphatic heterocycles. The molecule has 0 aromatic carbocycles. The van der Waals surface area contributed by atoms with Crippen LogP contribution in [0.5, 0.6) is 0 Å². The summed E-state index contributed by atoms with van der Waals surface area (Å²) in [5.74, 6) is 1.73. The van der Waals surface area contributed by atoms with Crippen LogP contribution in [0.3, 0.4) is 0 Å². The van der Waals surface area contributed by atoms with Crippen molar-refractivity contribution in [1.29, 1.82) is 0 Å². The van der Waals surface area contributed by atoms with Gasteiger partial charge in [-0.2, -0.15) is 0 Å². The van der Waals surface area contributed by atoms with Crippen molar-refractivity contribution in [3.05, 3.63) is 17.3 Å². The van der Waals surface area contributed by atoms with E-state index in [1.807, 2.05) is 13.8 Å². The molecule has 0 saturated carbocycles. The Morgan fingerprint density at radius 2 is 2.06 bits per heavy atom. The molecule has 1 aromatic heterocycles. The first kappa shape index (κ1) is 13.2. The maximum absolute atomic E-state index is 5.52. The van der Waals surface area contributed by atoms with Gasteiger partial charge in [0.15, 0.2) is 0 Å². The van der Waals surface area contributed by atoms with E-state index < -0.39 is 0 Å².